The van der Waals surface area contributed by atoms with Crippen molar-refractivity contribution in [3.63, 3.8) is 0 Å². The summed E-state index contributed by atoms with van der Waals surface area (Å²) in [7, 11) is 3.61. The third kappa shape index (κ3) is 4.87. The highest BCUT2D eigenvalue weighted by molar-refractivity contribution is 6.06. The van der Waals surface area contributed by atoms with Gasteiger partial charge in [-0.25, -0.2) is 14.8 Å². The number of rotatable bonds is 9. The molecule has 4 aromatic rings. The minimum absolute atomic E-state index is 0.516. The Morgan fingerprint density at radius 1 is 1.09 bits per heavy atom. The molecule has 4 rings (SSSR count). The molecule has 0 fully saturated rings. The monoisotopic (exact) mass is 443 g/mol. The van der Waals surface area contributed by atoms with E-state index in [-0.39, 0.29) is 0 Å². The smallest absolute Gasteiger partial charge is 0.327 e. The Kier molecular flexibility index (Phi) is 6.69. The van der Waals surface area contributed by atoms with Gasteiger partial charge in [0, 0.05) is 30.8 Å². The lowest BCUT2D eigenvalue weighted by atomic mass is 9.99. The summed E-state index contributed by atoms with van der Waals surface area (Å²) in [5.41, 5.74) is 3.37. The average molecular weight is 444 g/mol. The highest BCUT2D eigenvalue weighted by Gasteiger charge is 2.23. The number of benzene rings is 2. The van der Waals surface area contributed by atoms with E-state index in [0.717, 1.165) is 45.8 Å². The molecule has 0 aliphatic carbocycles. The Balaban J connectivity index is 1.79. The van der Waals surface area contributed by atoms with Crippen LogP contribution in [0.15, 0.2) is 77.5 Å². The second kappa shape index (κ2) is 9.99. The first kappa shape index (κ1) is 22.1. The number of carboxylic acids is 1. The number of furan rings is 1. The second-order valence-electron chi connectivity index (χ2n) is 7.58. The van der Waals surface area contributed by atoms with Gasteiger partial charge in [0.1, 0.15) is 23.7 Å². The number of unbranched alkanes of at least 4 members (excludes halogenated alkanes) is 1. The number of fused-ring (bicyclic) bond motifs is 1. The number of carboxylic acid groups (broad SMARTS) is 1. The summed E-state index contributed by atoms with van der Waals surface area (Å²) in [4.78, 5) is 21.7. The zero-order valence-electron chi connectivity index (χ0n) is 18.6. The van der Waals surface area contributed by atoms with E-state index in [4.69, 9.17) is 14.3 Å². The predicted octanol–water partition coefficient (Wildman–Crippen LogP) is 5.42. The molecule has 7 nitrogen and oxygen atoms in total. The van der Waals surface area contributed by atoms with Crippen LogP contribution in [0.25, 0.3) is 33.6 Å². The minimum Gasteiger partial charge on any atom is -0.497 e. The third-order valence-corrected chi connectivity index (χ3v) is 5.37. The molecule has 0 radical (unpaired) electrons. The van der Waals surface area contributed by atoms with Gasteiger partial charge >= 0.3 is 5.97 Å². The molecule has 0 aliphatic heterocycles. The topological polar surface area (TPSA) is 88.7 Å². The number of hydrogen-bond acceptors (Lipinski definition) is 6. The fourth-order valence-corrected chi connectivity index (χ4v) is 3.77. The minimum atomic E-state index is -0.933. The van der Waals surface area contributed by atoms with Crippen LogP contribution in [-0.2, 0) is 4.79 Å². The summed E-state index contributed by atoms with van der Waals surface area (Å²) in [6.07, 6.45) is 5.80. The molecule has 0 bridgehead atoms. The van der Waals surface area contributed by atoms with Crippen molar-refractivity contribution < 1.29 is 19.1 Å². The molecule has 0 spiro atoms. The van der Waals surface area contributed by atoms with Gasteiger partial charge in [0.25, 0.3) is 0 Å². The van der Waals surface area contributed by atoms with Crippen molar-refractivity contribution in [2.75, 3.05) is 25.6 Å². The quantitative estimate of drug-likeness (QED) is 0.273. The molecule has 0 aliphatic rings. The fraction of sp³-hybridized carbons (Fsp3) is 0.192. The molecule has 1 N–H and O–H groups in total. The molecule has 0 saturated carbocycles. The number of anilines is 1. The van der Waals surface area contributed by atoms with Crippen LogP contribution in [0.5, 0.6) is 5.75 Å². The maximum atomic E-state index is 10.7. The van der Waals surface area contributed by atoms with Crippen LogP contribution < -0.4 is 9.64 Å². The van der Waals surface area contributed by atoms with E-state index in [9.17, 15) is 4.79 Å². The summed E-state index contributed by atoms with van der Waals surface area (Å²) >= 11 is 0. The number of aliphatic carboxylic acids is 1. The summed E-state index contributed by atoms with van der Waals surface area (Å²) < 4.78 is 11.6. The Bertz CT molecular complexity index is 1260. The van der Waals surface area contributed by atoms with Crippen molar-refractivity contribution in [2.45, 2.75) is 12.8 Å². The molecular weight excluding hydrogens is 418 g/mol. The fourth-order valence-electron chi connectivity index (χ4n) is 3.77. The van der Waals surface area contributed by atoms with E-state index in [1.165, 1.54) is 12.4 Å². The van der Waals surface area contributed by atoms with E-state index < -0.39 is 5.97 Å². The molecule has 2 aromatic heterocycles. The molecule has 33 heavy (non-hydrogen) atoms. The number of carbonyl (C=O) groups is 1. The van der Waals surface area contributed by atoms with Gasteiger partial charge in [-0.15, -0.1) is 0 Å². The first-order chi connectivity index (χ1) is 16.1. The highest BCUT2D eigenvalue weighted by atomic mass is 16.5. The van der Waals surface area contributed by atoms with Crippen molar-refractivity contribution in [2.24, 2.45) is 0 Å². The van der Waals surface area contributed by atoms with Crippen molar-refractivity contribution >= 4 is 22.9 Å². The highest BCUT2D eigenvalue weighted by Crippen LogP contribution is 2.43. The number of allylic oxidation sites excluding steroid dienone is 1. The van der Waals surface area contributed by atoms with Crippen LogP contribution in [0, 0.1) is 0 Å². The molecular formula is C26H25N3O4. The van der Waals surface area contributed by atoms with Crippen molar-refractivity contribution in [1.29, 1.82) is 0 Å². The largest absolute Gasteiger partial charge is 0.497 e. The van der Waals surface area contributed by atoms with Gasteiger partial charge in [0.15, 0.2) is 0 Å². The standard InChI is InChI=1S/C26H25N3O4/c1-29(16-8-4-7-11-21(30)31)25-23-22(18-12-14-20(32-2)15-13-18)24(19-9-5-3-6-10-19)33-26(23)28-17-27-25/h3,5-7,9-15,17H,4,8,16H2,1-2H3,(H,30,31)/b11-7+. The lowest BCUT2D eigenvalue weighted by Crippen LogP contribution is -2.20. The van der Waals surface area contributed by atoms with E-state index in [2.05, 4.69) is 14.9 Å². The van der Waals surface area contributed by atoms with Gasteiger partial charge < -0.3 is 19.2 Å². The molecule has 0 atom stereocenters. The number of aromatic nitrogens is 2. The zero-order chi connectivity index (χ0) is 23.2. The number of nitrogens with zero attached hydrogens (tertiary/aromatic N) is 3. The first-order valence-electron chi connectivity index (χ1n) is 10.7. The zero-order valence-corrected chi connectivity index (χ0v) is 18.6. The van der Waals surface area contributed by atoms with E-state index in [0.29, 0.717) is 18.7 Å². The second-order valence-corrected chi connectivity index (χ2v) is 7.58. The maximum Gasteiger partial charge on any atom is 0.327 e. The van der Waals surface area contributed by atoms with Crippen LogP contribution in [-0.4, -0.2) is 41.7 Å². The normalized spacial score (nSPS) is 11.2. The number of ether oxygens (including phenoxy) is 1. The van der Waals surface area contributed by atoms with Crippen molar-refractivity contribution in [1.82, 2.24) is 9.97 Å². The molecule has 2 heterocycles. The van der Waals surface area contributed by atoms with E-state index in [1.807, 2.05) is 61.6 Å². The van der Waals surface area contributed by atoms with Gasteiger partial charge in [-0.1, -0.05) is 48.5 Å². The van der Waals surface area contributed by atoms with Crippen molar-refractivity contribution in [3.8, 4) is 28.2 Å². The average Bonchev–Trinajstić information content (AvgIpc) is 3.24. The van der Waals surface area contributed by atoms with Crippen LogP contribution in [0.2, 0.25) is 0 Å². The third-order valence-electron chi connectivity index (χ3n) is 5.37. The molecule has 0 unspecified atom stereocenters. The lowest BCUT2D eigenvalue weighted by molar-refractivity contribution is -0.131. The Hall–Kier alpha value is -4.13. The molecule has 168 valence electrons. The van der Waals surface area contributed by atoms with Crippen LogP contribution in [0.4, 0.5) is 5.82 Å². The predicted molar refractivity (Wildman–Crippen MR) is 129 cm³/mol. The van der Waals surface area contributed by atoms with Gasteiger partial charge in [-0.05, 0) is 30.5 Å². The summed E-state index contributed by atoms with van der Waals surface area (Å²) in [6.45, 7) is 0.698. The molecule has 0 amide bonds. The Morgan fingerprint density at radius 3 is 2.55 bits per heavy atom. The van der Waals surface area contributed by atoms with Crippen LogP contribution in [0.3, 0.4) is 0 Å². The SMILES string of the molecule is COc1ccc(-c2c(-c3ccccc3)oc3ncnc(N(C)CCC/C=C/C(=O)O)c23)cc1. The van der Waals surface area contributed by atoms with Gasteiger partial charge in [-0.3, -0.25) is 0 Å². The summed E-state index contributed by atoms with van der Waals surface area (Å²) in [6, 6.07) is 17.8. The van der Waals surface area contributed by atoms with E-state index >= 15 is 0 Å². The molecule has 2 aromatic carbocycles. The van der Waals surface area contributed by atoms with Gasteiger partial charge in [0.2, 0.25) is 5.71 Å². The molecule has 7 heteroatoms. The maximum absolute atomic E-state index is 10.7. The molecule has 0 saturated heterocycles. The number of hydrogen-bond donors (Lipinski definition) is 1. The summed E-state index contributed by atoms with van der Waals surface area (Å²) in [5.74, 6) is 1.34. The lowest BCUT2D eigenvalue weighted by Gasteiger charge is -2.18. The van der Waals surface area contributed by atoms with Crippen molar-refractivity contribution in [3.05, 3.63) is 73.1 Å². The number of methoxy groups -OCH3 is 1. The van der Waals surface area contributed by atoms with Crippen LogP contribution in [0.1, 0.15) is 12.8 Å². The van der Waals surface area contributed by atoms with Crippen LogP contribution >= 0.6 is 0 Å². The summed E-state index contributed by atoms with van der Waals surface area (Å²) in [5, 5.41) is 9.59. The Labute approximate surface area is 192 Å². The first-order valence-corrected chi connectivity index (χ1v) is 10.7. The van der Waals surface area contributed by atoms with Gasteiger partial charge in [-0.2, -0.15) is 0 Å². The van der Waals surface area contributed by atoms with E-state index in [1.54, 1.807) is 13.2 Å². The Morgan fingerprint density at radius 2 is 1.85 bits per heavy atom. The van der Waals surface area contributed by atoms with Gasteiger partial charge in [0.05, 0.1) is 12.5 Å².